The van der Waals surface area contributed by atoms with Crippen LogP contribution in [0, 0.1) is 0 Å². The Kier molecular flexibility index (Phi) is 5.94. The van der Waals surface area contributed by atoms with Gasteiger partial charge in [0.05, 0.1) is 12.6 Å². The zero-order valence-corrected chi connectivity index (χ0v) is 11.4. The molecular formula is C13H18N2O6. The highest BCUT2D eigenvalue weighted by Crippen LogP contribution is 2.25. The number of ether oxygens (including phenoxy) is 1. The molecule has 0 heterocycles. The van der Waals surface area contributed by atoms with Crippen molar-refractivity contribution in [3.8, 4) is 11.5 Å². The lowest BCUT2D eigenvalue weighted by molar-refractivity contribution is -0.148. The van der Waals surface area contributed by atoms with Gasteiger partial charge in [0, 0.05) is 7.11 Å². The van der Waals surface area contributed by atoms with E-state index in [0.717, 1.165) is 0 Å². The van der Waals surface area contributed by atoms with Gasteiger partial charge in [-0.05, 0) is 24.1 Å². The molecule has 0 fully saturated rings. The van der Waals surface area contributed by atoms with Crippen molar-refractivity contribution >= 4 is 11.9 Å². The van der Waals surface area contributed by atoms with E-state index < -0.39 is 24.0 Å². The Morgan fingerprint density at radius 1 is 1.33 bits per heavy atom. The van der Waals surface area contributed by atoms with Gasteiger partial charge in [-0.1, -0.05) is 6.07 Å². The Morgan fingerprint density at radius 2 is 2.00 bits per heavy atom. The van der Waals surface area contributed by atoms with Crippen LogP contribution in [0.4, 0.5) is 0 Å². The molecule has 0 aliphatic carbocycles. The van der Waals surface area contributed by atoms with Crippen LogP contribution in [0.25, 0.3) is 0 Å². The van der Waals surface area contributed by atoms with Crippen molar-refractivity contribution in [1.82, 2.24) is 5.32 Å². The third-order valence-electron chi connectivity index (χ3n) is 2.85. The zero-order valence-electron chi connectivity index (χ0n) is 11.4. The molecule has 1 rings (SSSR count). The molecule has 1 aromatic carbocycles. The summed E-state index contributed by atoms with van der Waals surface area (Å²) in [5.41, 5.74) is 6.26. The molecule has 1 amide bonds. The number of benzene rings is 1. The first-order valence-corrected chi connectivity index (χ1v) is 6.15. The number of carbonyl (C=O) groups is 2. The second-order valence-corrected chi connectivity index (χ2v) is 4.44. The molecule has 8 nitrogen and oxygen atoms in total. The Bertz CT molecular complexity index is 519. The Balaban J connectivity index is 2.54. The van der Waals surface area contributed by atoms with Gasteiger partial charge in [0.2, 0.25) is 5.91 Å². The van der Waals surface area contributed by atoms with Gasteiger partial charge in [0.1, 0.15) is 0 Å². The lowest BCUT2D eigenvalue weighted by atomic mass is 10.1. The lowest BCUT2D eigenvalue weighted by Crippen LogP contribution is -2.46. The van der Waals surface area contributed by atoms with Crippen molar-refractivity contribution in [3.63, 3.8) is 0 Å². The number of rotatable bonds is 7. The molecule has 1 aromatic rings. The standard InChI is InChI=1S/C13H18N2O6/c1-21-11(13(19)20)6-15-12(18)8(14)4-7-2-3-9(16)10(17)5-7/h2-3,5,8,11,16-17H,4,6,14H2,1H3,(H,15,18)(H,19,20)/t8-,11?/m0/s1. The summed E-state index contributed by atoms with van der Waals surface area (Å²) in [7, 11) is 1.23. The highest BCUT2D eigenvalue weighted by molar-refractivity contribution is 5.82. The fraction of sp³-hybridized carbons (Fsp3) is 0.385. The molecule has 0 saturated heterocycles. The van der Waals surface area contributed by atoms with E-state index in [1.807, 2.05) is 0 Å². The van der Waals surface area contributed by atoms with Crippen molar-refractivity contribution in [2.24, 2.45) is 5.73 Å². The number of hydrogen-bond acceptors (Lipinski definition) is 6. The van der Waals surface area contributed by atoms with E-state index in [2.05, 4.69) is 10.1 Å². The SMILES string of the molecule is COC(CNC(=O)[C@@H](N)Cc1ccc(O)c(O)c1)C(=O)O. The molecule has 6 N–H and O–H groups in total. The Morgan fingerprint density at radius 3 is 2.52 bits per heavy atom. The first kappa shape index (κ1) is 16.7. The molecule has 0 spiro atoms. The molecule has 8 heteroatoms. The highest BCUT2D eigenvalue weighted by Gasteiger charge is 2.20. The summed E-state index contributed by atoms with van der Waals surface area (Å²) in [6, 6.07) is 3.20. The second-order valence-electron chi connectivity index (χ2n) is 4.44. The van der Waals surface area contributed by atoms with E-state index in [-0.39, 0.29) is 24.5 Å². The third-order valence-corrected chi connectivity index (χ3v) is 2.85. The summed E-state index contributed by atoms with van der Waals surface area (Å²) in [6.07, 6.45) is -1.01. The van der Waals surface area contributed by atoms with Crippen LogP contribution in [0.2, 0.25) is 0 Å². The third kappa shape index (κ3) is 4.93. The number of phenols is 2. The maximum Gasteiger partial charge on any atom is 0.334 e. The van der Waals surface area contributed by atoms with Gasteiger partial charge in [-0.25, -0.2) is 4.79 Å². The molecule has 2 atom stereocenters. The number of nitrogens with one attached hydrogen (secondary N) is 1. The predicted octanol–water partition coefficient (Wildman–Crippen LogP) is -0.817. The second kappa shape index (κ2) is 7.46. The van der Waals surface area contributed by atoms with Crippen molar-refractivity contribution < 1.29 is 29.6 Å². The molecule has 0 aliphatic rings. The smallest absolute Gasteiger partial charge is 0.334 e. The first-order chi connectivity index (χ1) is 9.85. The first-order valence-electron chi connectivity index (χ1n) is 6.15. The summed E-state index contributed by atoms with van der Waals surface area (Å²) < 4.78 is 4.67. The molecule has 0 aromatic heterocycles. The van der Waals surface area contributed by atoms with E-state index in [1.54, 1.807) is 0 Å². The van der Waals surface area contributed by atoms with E-state index in [4.69, 9.17) is 10.8 Å². The normalized spacial score (nSPS) is 13.4. The number of carboxylic acid groups (broad SMARTS) is 1. The van der Waals surface area contributed by atoms with Gasteiger partial charge in [-0.2, -0.15) is 0 Å². The number of aromatic hydroxyl groups is 2. The number of carbonyl (C=O) groups excluding carboxylic acids is 1. The summed E-state index contributed by atoms with van der Waals surface area (Å²) in [6.45, 7) is -0.195. The molecule has 21 heavy (non-hydrogen) atoms. The van der Waals surface area contributed by atoms with Crippen LogP contribution in [0.15, 0.2) is 18.2 Å². The fourth-order valence-corrected chi connectivity index (χ4v) is 1.64. The van der Waals surface area contributed by atoms with Crippen LogP contribution in [0.5, 0.6) is 11.5 Å². The van der Waals surface area contributed by atoms with Crippen molar-refractivity contribution in [1.29, 1.82) is 0 Å². The van der Waals surface area contributed by atoms with E-state index in [9.17, 15) is 19.8 Å². The molecular weight excluding hydrogens is 280 g/mol. The van der Waals surface area contributed by atoms with Crippen LogP contribution in [0.3, 0.4) is 0 Å². The number of hydrogen-bond donors (Lipinski definition) is 5. The van der Waals surface area contributed by atoms with Crippen LogP contribution in [-0.4, -0.2) is 53.0 Å². The number of aliphatic carboxylic acids is 1. The lowest BCUT2D eigenvalue weighted by Gasteiger charge is -2.15. The topological polar surface area (TPSA) is 142 Å². The average Bonchev–Trinajstić information content (AvgIpc) is 2.42. The summed E-state index contributed by atoms with van der Waals surface area (Å²) in [4.78, 5) is 22.5. The molecule has 1 unspecified atom stereocenters. The van der Waals surface area contributed by atoms with E-state index in [1.165, 1.54) is 25.3 Å². The van der Waals surface area contributed by atoms with Gasteiger partial charge in [-0.15, -0.1) is 0 Å². The van der Waals surface area contributed by atoms with Crippen LogP contribution < -0.4 is 11.1 Å². The van der Waals surface area contributed by atoms with Gasteiger partial charge < -0.3 is 31.1 Å². The number of phenolic OH excluding ortho intramolecular Hbond substituents is 2. The van der Waals surface area contributed by atoms with Crippen molar-refractivity contribution in [2.45, 2.75) is 18.6 Å². The minimum atomic E-state index is -1.19. The van der Waals surface area contributed by atoms with Gasteiger partial charge in [-0.3, -0.25) is 4.79 Å². The van der Waals surface area contributed by atoms with E-state index >= 15 is 0 Å². The number of amides is 1. The fourth-order valence-electron chi connectivity index (χ4n) is 1.64. The number of methoxy groups -OCH3 is 1. The number of carboxylic acids is 1. The molecule has 0 aliphatic heterocycles. The van der Waals surface area contributed by atoms with E-state index in [0.29, 0.717) is 5.56 Å². The zero-order chi connectivity index (χ0) is 16.0. The highest BCUT2D eigenvalue weighted by atomic mass is 16.5. The average molecular weight is 298 g/mol. The summed E-state index contributed by atoms with van der Waals surface area (Å²) in [5.74, 6) is -2.28. The van der Waals surface area contributed by atoms with Gasteiger partial charge in [0.25, 0.3) is 0 Å². The van der Waals surface area contributed by atoms with Crippen LogP contribution in [-0.2, 0) is 20.7 Å². The van der Waals surface area contributed by atoms with Crippen molar-refractivity contribution in [2.75, 3.05) is 13.7 Å². The minimum absolute atomic E-state index is 0.129. The summed E-state index contributed by atoms with van der Waals surface area (Å²) >= 11 is 0. The molecule has 116 valence electrons. The van der Waals surface area contributed by atoms with Gasteiger partial charge in [0.15, 0.2) is 17.6 Å². The number of nitrogens with two attached hydrogens (primary N) is 1. The maximum atomic E-state index is 11.7. The monoisotopic (exact) mass is 298 g/mol. The largest absolute Gasteiger partial charge is 0.504 e. The minimum Gasteiger partial charge on any atom is -0.504 e. The summed E-state index contributed by atoms with van der Waals surface area (Å²) in [5, 5.41) is 29.7. The quantitative estimate of drug-likeness (QED) is 0.414. The molecule has 0 saturated carbocycles. The van der Waals surface area contributed by atoms with Crippen LogP contribution >= 0.6 is 0 Å². The molecule has 0 bridgehead atoms. The van der Waals surface area contributed by atoms with Crippen molar-refractivity contribution in [3.05, 3.63) is 23.8 Å². The van der Waals surface area contributed by atoms with Crippen LogP contribution in [0.1, 0.15) is 5.56 Å². The van der Waals surface area contributed by atoms with Gasteiger partial charge >= 0.3 is 5.97 Å². The predicted molar refractivity (Wildman–Crippen MR) is 72.9 cm³/mol. The molecule has 0 radical (unpaired) electrons. The Labute approximate surface area is 121 Å². The Hall–Kier alpha value is -2.32. The maximum absolute atomic E-state index is 11.7.